The first-order valence-corrected chi connectivity index (χ1v) is 10.6. The Morgan fingerprint density at radius 2 is 1.93 bits per heavy atom. The lowest BCUT2D eigenvalue weighted by molar-refractivity contribution is -0.119. The van der Waals surface area contributed by atoms with Crippen LogP contribution in [0.15, 0.2) is 53.7 Å². The van der Waals surface area contributed by atoms with E-state index in [1.54, 1.807) is 12.1 Å². The Balaban J connectivity index is 1.68. The minimum Gasteiger partial charge on any atom is -0.349 e. The van der Waals surface area contributed by atoms with E-state index in [-0.39, 0.29) is 17.7 Å². The van der Waals surface area contributed by atoms with Crippen molar-refractivity contribution in [1.29, 1.82) is 0 Å². The first-order valence-electron chi connectivity index (χ1n) is 8.85. The van der Waals surface area contributed by atoms with Gasteiger partial charge < -0.3 is 9.88 Å². The average molecular weight is 435 g/mol. The van der Waals surface area contributed by atoms with E-state index in [0.29, 0.717) is 27.6 Å². The fourth-order valence-electron chi connectivity index (χ4n) is 2.79. The van der Waals surface area contributed by atoms with Crippen molar-refractivity contribution in [1.82, 2.24) is 20.1 Å². The molecule has 28 heavy (non-hydrogen) atoms. The lowest BCUT2D eigenvalue weighted by Crippen LogP contribution is -2.28. The molecule has 2 aromatic carbocycles. The Hall–Kier alpha value is -2.02. The van der Waals surface area contributed by atoms with Crippen molar-refractivity contribution >= 4 is 40.9 Å². The molecule has 0 aliphatic carbocycles. The van der Waals surface area contributed by atoms with E-state index in [1.807, 2.05) is 54.8 Å². The van der Waals surface area contributed by atoms with E-state index in [4.69, 9.17) is 23.2 Å². The molecule has 0 saturated carbocycles. The van der Waals surface area contributed by atoms with Gasteiger partial charge in [0.05, 0.1) is 16.8 Å². The number of rotatable bonds is 7. The molecule has 0 aliphatic heterocycles. The van der Waals surface area contributed by atoms with Crippen molar-refractivity contribution in [3.8, 4) is 11.4 Å². The van der Waals surface area contributed by atoms with Crippen LogP contribution in [0.3, 0.4) is 0 Å². The molecular formula is C20H20Cl2N4OS. The normalized spacial score (nSPS) is 12.0. The number of halogens is 2. The maximum Gasteiger partial charge on any atom is 0.230 e. The van der Waals surface area contributed by atoms with Crippen LogP contribution in [-0.2, 0) is 11.3 Å². The molecule has 5 nitrogen and oxygen atoms in total. The molecule has 0 bridgehead atoms. The van der Waals surface area contributed by atoms with Crippen molar-refractivity contribution in [2.24, 2.45) is 0 Å². The smallest absolute Gasteiger partial charge is 0.230 e. The molecule has 1 amide bonds. The number of nitrogens with zero attached hydrogens (tertiary/aromatic N) is 3. The third kappa shape index (κ3) is 4.87. The molecule has 0 radical (unpaired) electrons. The molecular weight excluding hydrogens is 415 g/mol. The molecule has 0 unspecified atom stereocenters. The van der Waals surface area contributed by atoms with Gasteiger partial charge in [0.25, 0.3) is 0 Å². The Bertz CT molecular complexity index is 962. The number of amides is 1. The lowest BCUT2D eigenvalue weighted by Gasteiger charge is -2.14. The van der Waals surface area contributed by atoms with Crippen LogP contribution in [0, 0.1) is 0 Å². The highest BCUT2D eigenvalue weighted by Gasteiger charge is 2.17. The minimum atomic E-state index is -0.0573. The molecule has 0 aliphatic rings. The maximum absolute atomic E-state index is 12.3. The maximum atomic E-state index is 12.3. The number of carbonyl (C=O) groups excluding carboxylic acids is 1. The topological polar surface area (TPSA) is 59.8 Å². The Kier molecular flexibility index (Phi) is 6.99. The summed E-state index contributed by atoms with van der Waals surface area (Å²) in [7, 11) is 0. The molecule has 1 N–H and O–H groups in total. The third-order valence-electron chi connectivity index (χ3n) is 4.21. The number of nitrogens with one attached hydrogen (secondary N) is 1. The highest BCUT2D eigenvalue weighted by atomic mass is 35.5. The van der Waals surface area contributed by atoms with Gasteiger partial charge in [-0.1, -0.05) is 65.3 Å². The molecule has 1 atom stereocenters. The van der Waals surface area contributed by atoms with Crippen molar-refractivity contribution in [2.75, 3.05) is 5.75 Å². The van der Waals surface area contributed by atoms with E-state index in [2.05, 4.69) is 15.5 Å². The number of hydrogen-bond acceptors (Lipinski definition) is 4. The monoisotopic (exact) mass is 434 g/mol. The second-order valence-electron chi connectivity index (χ2n) is 6.16. The number of benzene rings is 2. The molecule has 0 spiro atoms. The summed E-state index contributed by atoms with van der Waals surface area (Å²) in [6, 6.07) is 15.1. The van der Waals surface area contributed by atoms with E-state index in [0.717, 1.165) is 11.1 Å². The second-order valence-corrected chi connectivity index (χ2v) is 7.95. The number of hydrogen-bond donors (Lipinski definition) is 1. The number of aromatic nitrogens is 3. The van der Waals surface area contributed by atoms with Gasteiger partial charge in [-0.05, 0) is 37.6 Å². The van der Waals surface area contributed by atoms with E-state index >= 15 is 0 Å². The molecule has 1 heterocycles. The Labute approximate surface area is 178 Å². The van der Waals surface area contributed by atoms with Crippen LogP contribution in [0.4, 0.5) is 0 Å². The highest BCUT2D eigenvalue weighted by molar-refractivity contribution is 7.99. The van der Waals surface area contributed by atoms with Crippen molar-refractivity contribution in [3.63, 3.8) is 0 Å². The summed E-state index contributed by atoms with van der Waals surface area (Å²) in [6.07, 6.45) is 0. The lowest BCUT2D eigenvalue weighted by atomic mass is 10.1. The molecule has 8 heteroatoms. The van der Waals surface area contributed by atoms with Gasteiger partial charge in [-0.3, -0.25) is 4.79 Å². The van der Waals surface area contributed by atoms with Crippen LogP contribution in [-0.4, -0.2) is 26.4 Å². The van der Waals surface area contributed by atoms with Gasteiger partial charge in [-0.15, -0.1) is 10.2 Å². The van der Waals surface area contributed by atoms with Gasteiger partial charge >= 0.3 is 0 Å². The van der Waals surface area contributed by atoms with Crippen molar-refractivity contribution < 1.29 is 4.79 Å². The molecule has 146 valence electrons. The van der Waals surface area contributed by atoms with Crippen LogP contribution in [0.2, 0.25) is 10.0 Å². The van der Waals surface area contributed by atoms with Gasteiger partial charge in [-0.2, -0.15) is 0 Å². The van der Waals surface area contributed by atoms with Gasteiger partial charge in [0.1, 0.15) is 0 Å². The summed E-state index contributed by atoms with van der Waals surface area (Å²) in [4.78, 5) is 12.3. The van der Waals surface area contributed by atoms with Gasteiger partial charge in [0.15, 0.2) is 11.0 Å². The largest absolute Gasteiger partial charge is 0.349 e. The summed E-state index contributed by atoms with van der Waals surface area (Å²) >= 11 is 13.6. The molecule has 0 saturated heterocycles. The van der Waals surface area contributed by atoms with Crippen LogP contribution in [0.5, 0.6) is 0 Å². The number of thioether (sulfide) groups is 1. The van der Waals surface area contributed by atoms with Crippen LogP contribution >= 0.6 is 35.0 Å². The Morgan fingerprint density at radius 3 is 2.61 bits per heavy atom. The summed E-state index contributed by atoms with van der Waals surface area (Å²) < 4.78 is 1.94. The third-order valence-corrected chi connectivity index (χ3v) is 5.73. The summed E-state index contributed by atoms with van der Waals surface area (Å²) in [5, 5.41) is 13.3. The number of carbonyl (C=O) groups is 1. The zero-order valence-electron chi connectivity index (χ0n) is 15.5. The summed E-state index contributed by atoms with van der Waals surface area (Å²) in [6.45, 7) is 4.62. The quantitative estimate of drug-likeness (QED) is 0.516. The highest BCUT2D eigenvalue weighted by Crippen LogP contribution is 2.31. The van der Waals surface area contributed by atoms with Crippen molar-refractivity contribution in [3.05, 3.63) is 64.1 Å². The zero-order chi connectivity index (χ0) is 20.1. The van der Waals surface area contributed by atoms with Gasteiger partial charge in [0.2, 0.25) is 5.91 Å². The summed E-state index contributed by atoms with van der Waals surface area (Å²) in [5.41, 5.74) is 1.83. The fourth-order valence-corrected chi connectivity index (χ4v) is 4.10. The average Bonchev–Trinajstić information content (AvgIpc) is 3.09. The molecule has 3 aromatic rings. The molecule has 1 aromatic heterocycles. The zero-order valence-corrected chi connectivity index (χ0v) is 17.9. The fraction of sp³-hybridized carbons (Fsp3) is 0.250. The first-order chi connectivity index (χ1) is 13.5. The van der Waals surface area contributed by atoms with Crippen LogP contribution in [0.1, 0.15) is 25.5 Å². The van der Waals surface area contributed by atoms with E-state index in [1.165, 1.54) is 11.8 Å². The van der Waals surface area contributed by atoms with Crippen LogP contribution < -0.4 is 5.32 Å². The first kappa shape index (κ1) is 20.7. The predicted octanol–water partition coefficient (Wildman–Crippen LogP) is 5.24. The van der Waals surface area contributed by atoms with E-state index < -0.39 is 0 Å². The minimum absolute atomic E-state index is 0.0539. The standard InChI is InChI=1S/C20H20Cl2N4OS/c1-3-26-19(16-10-9-15(21)11-17(16)22)24-25-20(26)28-12-18(27)23-13(2)14-7-5-4-6-8-14/h4-11,13H,3,12H2,1-2H3,(H,23,27)/t13-/m1/s1. The molecule has 3 rings (SSSR count). The molecule has 0 fully saturated rings. The van der Waals surface area contributed by atoms with Gasteiger partial charge in [-0.25, -0.2) is 0 Å². The second kappa shape index (κ2) is 9.45. The predicted molar refractivity (Wildman–Crippen MR) is 115 cm³/mol. The van der Waals surface area contributed by atoms with Crippen molar-refractivity contribution in [2.45, 2.75) is 31.6 Å². The summed E-state index contributed by atoms with van der Waals surface area (Å²) in [5.74, 6) is 0.853. The SMILES string of the molecule is CCn1c(SCC(=O)N[C@H](C)c2ccccc2)nnc1-c1ccc(Cl)cc1Cl. The Morgan fingerprint density at radius 1 is 1.18 bits per heavy atom. The van der Waals surface area contributed by atoms with Crippen LogP contribution in [0.25, 0.3) is 11.4 Å². The van der Waals surface area contributed by atoms with E-state index in [9.17, 15) is 4.79 Å². The van der Waals surface area contributed by atoms with Gasteiger partial charge in [0, 0.05) is 17.1 Å².